The predicted octanol–water partition coefficient (Wildman–Crippen LogP) is 1.33. The summed E-state index contributed by atoms with van der Waals surface area (Å²) in [4.78, 5) is 11.9. The molecule has 4 heteroatoms. The second kappa shape index (κ2) is 5.61. The first kappa shape index (κ1) is 12.6. The SMILES string of the molecule is Cc1ccc(CC(=O)NC(C)C(N)=S)cc1. The number of nitrogens with two attached hydrogens (primary N) is 1. The molecule has 3 nitrogen and oxygen atoms in total. The molecular weight excluding hydrogens is 220 g/mol. The largest absolute Gasteiger partial charge is 0.392 e. The molecule has 16 heavy (non-hydrogen) atoms. The lowest BCUT2D eigenvalue weighted by atomic mass is 10.1. The fourth-order valence-corrected chi connectivity index (χ4v) is 1.31. The molecule has 1 rings (SSSR count). The normalized spacial score (nSPS) is 11.9. The van der Waals surface area contributed by atoms with Crippen LogP contribution in [0.1, 0.15) is 18.1 Å². The number of carbonyl (C=O) groups is 1. The van der Waals surface area contributed by atoms with Gasteiger partial charge in [-0.1, -0.05) is 42.0 Å². The van der Waals surface area contributed by atoms with Crippen molar-refractivity contribution in [2.75, 3.05) is 0 Å². The summed E-state index contributed by atoms with van der Waals surface area (Å²) in [6.45, 7) is 3.79. The highest BCUT2D eigenvalue weighted by atomic mass is 32.1. The first-order chi connectivity index (χ1) is 7.49. The van der Waals surface area contributed by atoms with Crippen molar-refractivity contribution in [3.63, 3.8) is 0 Å². The third-order valence-electron chi connectivity index (χ3n) is 2.29. The summed E-state index contributed by atoms with van der Waals surface area (Å²) in [5.74, 6) is -0.0656. The molecule has 0 bridgehead atoms. The number of rotatable bonds is 4. The van der Waals surface area contributed by atoms with E-state index in [0.29, 0.717) is 11.4 Å². The molecule has 0 aromatic heterocycles. The maximum atomic E-state index is 11.6. The Bertz CT molecular complexity index is 387. The number of hydrogen-bond acceptors (Lipinski definition) is 2. The number of carbonyl (C=O) groups excluding carboxylic acids is 1. The molecule has 0 heterocycles. The Morgan fingerprint density at radius 2 is 2.00 bits per heavy atom. The topological polar surface area (TPSA) is 55.1 Å². The molecule has 0 radical (unpaired) electrons. The van der Waals surface area contributed by atoms with Crippen molar-refractivity contribution < 1.29 is 4.79 Å². The number of amides is 1. The number of hydrogen-bond donors (Lipinski definition) is 2. The van der Waals surface area contributed by atoms with Crippen LogP contribution in [0.15, 0.2) is 24.3 Å². The third kappa shape index (κ3) is 3.98. The van der Waals surface area contributed by atoms with Gasteiger partial charge in [-0.2, -0.15) is 0 Å². The average Bonchev–Trinajstić information content (AvgIpc) is 2.21. The minimum Gasteiger partial charge on any atom is -0.392 e. The van der Waals surface area contributed by atoms with Crippen molar-refractivity contribution in [3.8, 4) is 0 Å². The molecule has 0 aliphatic carbocycles. The Morgan fingerprint density at radius 3 is 2.50 bits per heavy atom. The van der Waals surface area contributed by atoms with Gasteiger partial charge in [0.2, 0.25) is 5.91 Å². The van der Waals surface area contributed by atoms with Crippen LogP contribution < -0.4 is 11.1 Å². The van der Waals surface area contributed by atoms with Crippen LogP contribution in [0.5, 0.6) is 0 Å². The molecule has 0 spiro atoms. The molecule has 1 amide bonds. The van der Waals surface area contributed by atoms with Crippen molar-refractivity contribution >= 4 is 23.1 Å². The summed E-state index contributed by atoms with van der Waals surface area (Å²) in [7, 11) is 0. The Kier molecular flexibility index (Phi) is 4.43. The van der Waals surface area contributed by atoms with Crippen LogP contribution in [0.3, 0.4) is 0 Å². The van der Waals surface area contributed by atoms with Gasteiger partial charge in [-0.05, 0) is 19.4 Å². The van der Waals surface area contributed by atoms with E-state index in [1.165, 1.54) is 5.56 Å². The lowest BCUT2D eigenvalue weighted by Crippen LogP contribution is -2.41. The van der Waals surface area contributed by atoms with Crippen LogP contribution in [-0.2, 0) is 11.2 Å². The van der Waals surface area contributed by atoms with E-state index in [1.807, 2.05) is 31.2 Å². The van der Waals surface area contributed by atoms with Gasteiger partial charge >= 0.3 is 0 Å². The van der Waals surface area contributed by atoms with Crippen LogP contribution in [0.25, 0.3) is 0 Å². The number of aryl methyl sites for hydroxylation is 1. The summed E-state index contributed by atoms with van der Waals surface area (Å²) < 4.78 is 0. The Hall–Kier alpha value is -1.42. The molecule has 0 aliphatic rings. The van der Waals surface area contributed by atoms with E-state index in [9.17, 15) is 4.79 Å². The van der Waals surface area contributed by atoms with Crippen molar-refractivity contribution in [1.29, 1.82) is 0 Å². The van der Waals surface area contributed by atoms with Gasteiger partial charge in [0.25, 0.3) is 0 Å². The molecule has 0 saturated heterocycles. The average molecular weight is 236 g/mol. The zero-order chi connectivity index (χ0) is 12.1. The predicted molar refractivity (Wildman–Crippen MR) is 69.3 cm³/mol. The van der Waals surface area contributed by atoms with Crippen LogP contribution in [0.4, 0.5) is 0 Å². The van der Waals surface area contributed by atoms with Gasteiger partial charge in [0, 0.05) is 0 Å². The minimum atomic E-state index is -0.257. The summed E-state index contributed by atoms with van der Waals surface area (Å²) in [5.41, 5.74) is 7.58. The van der Waals surface area contributed by atoms with Crippen LogP contribution in [-0.4, -0.2) is 16.9 Å². The highest BCUT2D eigenvalue weighted by Gasteiger charge is 2.09. The fraction of sp³-hybridized carbons (Fsp3) is 0.333. The van der Waals surface area contributed by atoms with Crippen LogP contribution in [0, 0.1) is 6.92 Å². The van der Waals surface area contributed by atoms with Crippen molar-refractivity contribution in [1.82, 2.24) is 5.32 Å². The van der Waals surface area contributed by atoms with Gasteiger partial charge in [-0.15, -0.1) is 0 Å². The zero-order valence-electron chi connectivity index (χ0n) is 9.49. The Morgan fingerprint density at radius 1 is 1.44 bits per heavy atom. The Labute approximate surface area is 101 Å². The first-order valence-corrected chi connectivity index (χ1v) is 5.54. The lowest BCUT2D eigenvalue weighted by molar-refractivity contribution is -0.120. The molecule has 1 unspecified atom stereocenters. The van der Waals surface area contributed by atoms with E-state index in [4.69, 9.17) is 18.0 Å². The molecular formula is C12H16N2OS. The molecule has 3 N–H and O–H groups in total. The van der Waals surface area contributed by atoms with E-state index in [1.54, 1.807) is 6.92 Å². The highest BCUT2D eigenvalue weighted by Crippen LogP contribution is 2.03. The van der Waals surface area contributed by atoms with Gasteiger partial charge in [-0.3, -0.25) is 4.79 Å². The van der Waals surface area contributed by atoms with E-state index >= 15 is 0 Å². The molecule has 86 valence electrons. The maximum absolute atomic E-state index is 11.6. The summed E-state index contributed by atoms with van der Waals surface area (Å²) in [5, 5.41) is 2.74. The van der Waals surface area contributed by atoms with Gasteiger partial charge in [0.05, 0.1) is 17.5 Å². The first-order valence-electron chi connectivity index (χ1n) is 5.13. The second-order valence-corrected chi connectivity index (χ2v) is 4.33. The molecule has 1 aromatic rings. The summed E-state index contributed by atoms with van der Waals surface area (Å²) in [6, 6.07) is 7.60. The molecule has 1 aromatic carbocycles. The van der Waals surface area contributed by atoms with Crippen molar-refractivity contribution in [3.05, 3.63) is 35.4 Å². The van der Waals surface area contributed by atoms with Crippen molar-refractivity contribution in [2.45, 2.75) is 26.3 Å². The minimum absolute atomic E-state index is 0.0656. The fourth-order valence-electron chi connectivity index (χ4n) is 1.25. The van der Waals surface area contributed by atoms with Crippen LogP contribution >= 0.6 is 12.2 Å². The standard InChI is InChI=1S/C12H16N2OS/c1-8-3-5-10(6-4-8)7-11(15)14-9(2)12(13)16/h3-6,9H,7H2,1-2H3,(H2,13,16)(H,14,15). The summed E-state index contributed by atoms with van der Waals surface area (Å²) >= 11 is 4.78. The molecule has 0 aliphatic heterocycles. The second-order valence-electron chi connectivity index (χ2n) is 3.85. The Balaban J connectivity index is 2.52. The smallest absolute Gasteiger partial charge is 0.224 e. The van der Waals surface area contributed by atoms with Crippen molar-refractivity contribution in [2.24, 2.45) is 5.73 Å². The quantitative estimate of drug-likeness (QED) is 0.775. The lowest BCUT2D eigenvalue weighted by Gasteiger charge is -2.11. The van der Waals surface area contributed by atoms with E-state index in [0.717, 1.165) is 5.56 Å². The maximum Gasteiger partial charge on any atom is 0.224 e. The number of nitrogens with one attached hydrogen (secondary N) is 1. The van der Waals surface area contributed by atoms with Gasteiger partial charge < -0.3 is 11.1 Å². The van der Waals surface area contributed by atoms with Gasteiger partial charge in [0.15, 0.2) is 0 Å². The van der Waals surface area contributed by atoms with Gasteiger partial charge in [-0.25, -0.2) is 0 Å². The van der Waals surface area contributed by atoms with E-state index in [-0.39, 0.29) is 11.9 Å². The molecule has 0 fully saturated rings. The van der Waals surface area contributed by atoms with Crippen LogP contribution in [0.2, 0.25) is 0 Å². The van der Waals surface area contributed by atoms with E-state index in [2.05, 4.69) is 5.32 Å². The number of thiocarbonyl (C=S) groups is 1. The monoisotopic (exact) mass is 236 g/mol. The molecule has 0 saturated carbocycles. The van der Waals surface area contributed by atoms with Gasteiger partial charge in [0.1, 0.15) is 0 Å². The summed E-state index contributed by atoms with van der Waals surface area (Å²) in [6.07, 6.45) is 0.354. The molecule has 1 atom stereocenters. The zero-order valence-corrected chi connectivity index (χ0v) is 10.3. The van der Waals surface area contributed by atoms with E-state index < -0.39 is 0 Å². The number of benzene rings is 1. The third-order valence-corrected chi connectivity index (χ3v) is 2.64. The highest BCUT2D eigenvalue weighted by molar-refractivity contribution is 7.80.